The number of carbonyl (C=O) groups is 1. The number of aromatic nitrogens is 2. The van der Waals surface area contributed by atoms with Crippen molar-refractivity contribution in [1.82, 2.24) is 15.3 Å². The van der Waals surface area contributed by atoms with Crippen LogP contribution >= 0.6 is 31.9 Å². The quantitative estimate of drug-likeness (QED) is 0.441. The van der Waals surface area contributed by atoms with Crippen molar-refractivity contribution in [2.24, 2.45) is 5.73 Å². The molecular formula is C25H31Br2FN4O. The Morgan fingerprint density at radius 1 is 1.09 bits per heavy atom. The van der Waals surface area contributed by atoms with Crippen LogP contribution in [0.3, 0.4) is 0 Å². The van der Waals surface area contributed by atoms with Crippen LogP contribution in [0, 0.1) is 0 Å². The van der Waals surface area contributed by atoms with Crippen LogP contribution in [0.4, 0.5) is 4.39 Å². The van der Waals surface area contributed by atoms with Gasteiger partial charge in [0, 0.05) is 51.4 Å². The van der Waals surface area contributed by atoms with Crippen LogP contribution in [-0.4, -0.2) is 22.0 Å². The highest BCUT2D eigenvalue weighted by Crippen LogP contribution is 2.36. The second-order valence-electron chi connectivity index (χ2n) is 8.40. The van der Waals surface area contributed by atoms with E-state index in [9.17, 15) is 9.18 Å². The van der Waals surface area contributed by atoms with Crippen molar-refractivity contribution in [2.75, 3.05) is 0 Å². The average molecular weight is 582 g/mol. The van der Waals surface area contributed by atoms with E-state index >= 15 is 0 Å². The highest BCUT2D eigenvalue weighted by molar-refractivity contribution is 9.10. The van der Waals surface area contributed by atoms with Crippen LogP contribution in [0.25, 0.3) is 5.57 Å². The molecule has 0 aromatic carbocycles. The lowest BCUT2D eigenvalue weighted by Crippen LogP contribution is -2.37. The van der Waals surface area contributed by atoms with Crippen LogP contribution in [0.1, 0.15) is 80.7 Å². The van der Waals surface area contributed by atoms with Gasteiger partial charge in [0.05, 0.1) is 6.04 Å². The molecular weight excluding hydrogens is 551 g/mol. The van der Waals surface area contributed by atoms with Crippen LogP contribution in [0.2, 0.25) is 0 Å². The average Bonchev–Trinajstić information content (AvgIpc) is 2.81. The summed E-state index contributed by atoms with van der Waals surface area (Å²) in [7, 11) is 0. The number of carbonyl (C=O) groups excluding carboxylic acids is 1. The van der Waals surface area contributed by atoms with Gasteiger partial charge in [0.25, 0.3) is 0 Å². The Morgan fingerprint density at radius 2 is 1.79 bits per heavy atom. The zero-order valence-corrected chi connectivity index (χ0v) is 22.3. The Balaban J connectivity index is 0.000000186. The molecule has 0 fully saturated rings. The van der Waals surface area contributed by atoms with Crippen molar-refractivity contribution in [3.05, 3.63) is 61.7 Å². The molecule has 0 aliphatic heterocycles. The first-order valence-electron chi connectivity index (χ1n) is 11.5. The van der Waals surface area contributed by atoms with E-state index in [0.29, 0.717) is 19.3 Å². The van der Waals surface area contributed by atoms with Gasteiger partial charge in [-0.15, -0.1) is 0 Å². The number of halogens is 3. The lowest BCUT2D eigenvalue weighted by molar-refractivity contribution is -0.122. The fraction of sp³-hybridized carbons (Fsp3) is 0.480. The first-order valence-corrected chi connectivity index (χ1v) is 13.1. The number of alkyl halides is 1. The molecule has 2 heterocycles. The predicted octanol–water partition coefficient (Wildman–Crippen LogP) is 6.35. The number of allylic oxidation sites excluding steroid dienone is 2. The highest BCUT2D eigenvalue weighted by atomic mass is 79.9. The summed E-state index contributed by atoms with van der Waals surface area (Å²) in [5.41, 5.74) is 13.0. The van der Waals surface area contributed by atoms with Gasteiger partial charge in [-0.1, -0.05) is 20.3 Å². The van der Waals surface area contributed by atoms with Crippen LogP contribution in [-0.2, 0) is 17.6 Å². The van der Waals surface area contributed by atoms with Crippen molar-refractivity contribution in [3.8, 4) is 0 Å². The standard InChI is InChI=1S/C13H17BrN2.C12H14BrFN2O/c1-2-4-13(15)10-6-3-5-9-11(10)7-16-8-12(9)14;1-2-11(17)16-12-8-5-15-6-9(13)7(8)3-4-10(12)14/h7-8H,2-6,15H2,1H3;5-6,10,12H,2-4H2,1H3,(H,16,17)/b13-10+;. The molecule has 4 rings (SSSR count). The van der Waals surface area contributed by atoms with Gasteiger partial charge in [0.1, 0.15) is 6.17 Å². The van der Waals surface area contributed by atoms with Gasteiger partial charge >= 0.3 is 0 Å². The number of pyridine rings is 2. The molecule has 2 aliphatic carbocycles. The van der Waals surface area contributed by atoms with Crippen molar-refractivity contribution in [1.29, 1.82) is 0 Å². The maximum absolute atomic E-state index is 13.9. The van der Waals surface area contributed by atoms with E-state index in [0.717, 1.165) is 51.5 Å². The largest absolute Gasteiger partial charge is 0.402 e. The third-order valence-corrected chi connectivity index (χ3v) is 7.50. The van der Waals surface area contributed by atoms with Gasteiger partial charge in [-0.2, -0.15) is 0 Å². The molecule has 0 saturated heterocycles. The van der Waals surface area contributed by atoms with E-state index in [2.05, 4.69) is 54.1 Å². The molecule has 5 nitrogen and oxygen atoms in total. The maximum Gasteiger partial charge on any atom is 0.220 e. The lowest BCUT2D eigenvalue weighted by Gasteiger charge is -2.29. The van der Waals surface area contributed by atoms with Gasteiger partial charge in [-0.05, 0) is 92.6 Å². The summed E-state index contributed by atoms with van der Waals surface area (Å²) in [6, 6.07) is -0.559. The van der Waals surface area contributed by atoms with Crippen molar-refractivity contribution < 1.29 is 9.18 Å². The van der Waals surface area contributed by atoms with Gasteiger partial charge < -0.3 is 11.1 Å². The molecule has 0 radical (unpaired) electrons. The molecule has 178 valence electrons. The molecule has 0 spiro atoms. The molecule has 0 saturated carbocycles. The summed E-state index contributed by atoms with van der Waals surface area (Å²) in [5, 5.41) is 2.73. The molecule has 3 N–H and O–H groups in total. The van der Waals surface area contributed by atoms with Gasteiger partial charge in [-0.3, -0.25) is 14.8 Å². The van der Waals surface area contributed by atoms with Crippen LogP contribution in [0.15, 0.2) is 39.4 Å². The van der Waals surface area contributed by atoms with Crippen LogP contribution in [0.5, 0.6) is 0 Å². The molecule has 0 bridgehead atoms. The third-order valence-electron chi connectivity index (χ3n) is 6.13. The smallest absolute Gasteiger partial charge is 0.220 e. The zero-order chi connectivity index (χ0) is 24.0. The Hall–Kier alpha value is -1.80. The Kier molecular flexibility index (Phi) is 9.44. The fourth-order valence-corrected chi connectivity index (χ4v) is 5.48. The molecule has 2 aromatic rings. The number of hydrogen-bond donors (Lipinski definition) is 2. The van der Waals surface area contributed by atoms with Crippen molar-refractivity contribution in [2.45, 2.75) is 77.4 Å². The van der Waals surface area contributed by atoms with Gasteiger partial charge in [0.15, 0.2) is 0 Å². The Labute approximate surface area is 212 Å². The van der Waals surface area contributed by atoms with E-state index in [-0.39, 0.29) is 5.91 Å². The Morgan fingerprint density at radius 3 is 2.48 bits per heavy atom. The Bertz CT molecular complexity index is 1030. The van der Waals surface area contributed by atoms with E-state index in [1.54, 1.807) is 19.3 Å². The summed E-state index contributed by atoms with van der Waals surface area (Å²) in [6.45, 7) is 3.92. The minimum Gasteiger partial charge on any atom is -0.402 e. The minimum atomic E-state index is -1.03. The second kappa shape index (κ2) is 12.1. The summed E-state index contributed by atoms with van der Waals surface area (Å²) >= 11 is 6.99. The number of nitrogens with two attached hydrogens (primary N) is 1. The molecule has 2 aliphatic rings. The van der Waals surface area contributed by atoms with Gasteiger partial charge in [-0.25, -0.2) is 4.39 Å². The first kappa shape index (κ1) is 25.8. The first-order chi connectivity index (χ1) is 15.9. The van der Waals surface area contributed by atoms with Crippen molar-refractivity contribution in [3.63, 3.8) is 0 Å². The number of nitrogens with zero attached hydrogens (tertiary/aromatic N) is 2. The van der Waals surface area contributed by atoms with E-state index in [1.807, 2.05) is 12.4 Å². The highest BCUT2D eigenvalue weighted by Gasteiger charge is 2.31. The molecule has 8 heteroatoms. The molecule has 2 aromatic heterocycles. The summed E-state index contributed by atoms with van der Waals surface area (Å²) in [6.07, 6.45) is 13.1. The fourth-order valence-electron chi connectivity index (χ4n) is 4.40. The van der Waals surface area contributed by atoms with E-state index < -0.39 is 12.2 Å². The molecule has 2 atom stereocenters. The summed E-state index contributed by atoms with van der Waals surface area (Å²) < 4.78 is 15.9. The monoisotopic (exact) mass is 580 g/mol. The summed E-state index contributed by atoms with van der Waals surface area (Å²) in [4.78, 5) is 19.7. The summed E-state index contributed by atoms with van der Waals surface area (Å²) in [5.74, 6) is -0.134. The third kappa shape index (κ3) is 6.21. The predicted molar refractivity (Wildman–Crippen MR) is 137 cm³/mol. The van der Waals surface area contributed by atoms with E-state index in [4.69, 9.17) is 5.73 Å². The molecule has 2 unspecified atom stereocenters. The van der Waals surface area contributed by atoms with E-state index in [1.165, 1.54) is 23.1 Å². The number of hydrogen-bond acceptors (Lipinski definition) is 4. The lowest BCUT2D eigenvalue weighted by atomic mass is 9.87. The SMILES string of the molecule is CCC(=O)NC1c2cncc(Br)c2CCC1F.CCC/C(N)=C1/CCCc2c(Br)cncc21. The maximum atomic E-state index is 13.9. The topological polar surface area (TPSA) is 80.9 Å². The number of fused-ring (bicyclic) bond motifs is 2. The number of amides is 1. The molecule has 1 amide bonds. The van der Waals surface area contributed by atoms with Crippen molar-refractivity contribution >= 4 is 43.3 Å². The second-order valence-corrected chi connectivity index (χ2v) is 10.1. The number of rotatable bonds is 4. The van der Waals surface area contributed by atoms with Gasteiger partial charge in [0.2, 0.25) is 5.91 Å². The minimum absolute atomic E-state index is 0.134. The molecule has 33 heavy (non-hydrogen) atoms. The number of nitrogens with one attached hydrogen (secondary N) is 1. The normalized spacial score (nSPS) is 20.6. The zero-order valence-electron chi connectivity index (χ0n) is 19.1. The van der Waals surface area contributed by atoms with Crippen LogP contribution < -0.4 is 11.1 Å².